The maximum Gasteiger partial charge on any atom is 0.125 e. The topological polar surface area (TPSA) is 41.0 Å². The molecule has 1 aliphatic rings. The first-order chi connectivity index (χ1) is 8.78. The normalized spacial score (nSPS) is 18.1. The van der Waals surface area contributed by atoms with Gasteiger partial charge < -0.3 is 10.2 Å². The van der Waals surface area contributed by atoms with Crippen molar-refractivity contribution < 1.29 is 0 Å². The number of hydrogen-bond acceptors (Lipinski definition) is 4. The molecule has 1 N–H and O–H groups in total. The molecule has 1 aromatic heterocycles. The van der Waals surface area contributed by atoms with Gasteiger partial charge in [-0.05, 0) is 57.9 Å². The van der Waals surface area contributed by atoms with Crippen LogP contribution in [0.2, 0.25) is 0 Å². The van der Waals surface area contributed by atoms with Crippen molar-refractivity contribution >= 4 is 0 Å². The van der Waals surface area contributed by atoms with Gasteiger partial charge in [-0.2, -0.15) is 0 Å². The summed E-state index contributed by atoms with van der Waals surface area (Å²) in [6, 6.07) is 1.99. The van der Waals surface area contributed by atoms with Gasteiger partial charge in [0.2, 0.25) is 0 Å². The molecule has 0 bridgehead atoms. The van der Waals surface area contributed by atoms with Crippen LogP contribution in [0.25, 0.3) is 0 Å². The first-order valence-corrected chi connectivity index (χ1v) is 6.99. The summed E-state index contributed by atoms with van der Waals surface area (Å²) in [6.45, 7) is 9.86. The summed E-state index contributed by atoms with van der Waals surface area (Å²) < 4.78 is 0. The summed E-state index contributed by atoms with van der Waals surface area (Å²) in [5.74, 6) is 1.68. The highest BCUT2D eigenvalue weighted by molar-refractivity contribution is 5.01. The molecule has 2 rings (SSSR count). The van der Waals surface area contributed by atoms with E-state index in [9.17, 15) is 0 Å². The highest BCUT2D eigenvalue weighted by atomic mass is 15.1. The number of rotatable bonds is 5. The van der Waals surface area contributed by atoms with Crippen LogP contribution in [0.15, 0.2) is 12.3 Å². The van der Waals surface area contributed by atoms with E-state index in [0.717, 1.165) is 30.5 Å². The second-order valence-electron chi connectivity index (χ2n) is 5.10. The summed E-state index contributed by atoms with van der Waals surface area (Å²) in [5.41, 5.74) is 1.09. The molecule has 0 radical (unpaired) electrons. The Balaban J connectivity index is 1.67. The lowest BCUT2D eigenvalue weighted by molar-refractivity contribution is 0.190. The monoisotopic (exact) mass is 248 g/mol. The van der Waals surface area contributed by atoms with Crippen molar-refractivity contribution in [1.82, 2.24) is 20.2 Å². The predicted molar refractivity (Wildman–Crippen MR) is 73.3 cm³/mol. The van der Waals surface area contributed by atoms with Crippen molar-refractivity contribution in [3.63, 3.8) is 0 Å². The Hall–Kier alpha value is -1.00. The fourth-order valence-electron chi connectivity index (χ4n) is 2.51. The minimum absolute atomic E-state index is 0.829. The molecule has 0 aliphatic carbocycles. The summed E-state index contributed by atoms with van der Waals surface area (Å²) in [4.78, 5) is 11.0. The second-order valence-corrected chi connectivity index (χ2v) is 5.10. The van der Waals surface area contributed by atoms with E-state index in [4.69, 9.17) is 0 Å². The summed E-state index contributed by atoms with van der Waals surface area (Å²) in [5, 5.41) is 3.52. The van der Waals surface area contributed by atoms with Gasteiger partial charge in [-0.25, -0.2) is 9.97 Å². The maximum absolute atomic E-state index is 4.40. The third-order valence-electron chi connectivity index (χ3n) is 3.73. The van der Waals surface area contributed by atoms with E-state index < -0.39 is 0 Å². The van der Waals surface area contributed by atoms with Crippen molar-refractivity contribution in [2.45, 2.75) is 33.2 Å². The number of nitrogens with one attached hydrogen (secondary N) is 1. The van der Waals surface area contributed by atoms with E-state index in [0.29, 0.717) is 0 Å². The van der Waals surface area contributed by atoms with Crippen LogP contribution in [0.3, 0.4) is 0 Å². The maximum atomic E-state index is 4.40. The molecule has 0 aromatic carbocycles. The first kappa shape index (κ1) is 13.4. The van der Waals surface area contributed by atoms with E-state index in [1.165, 1.54) is 32.5 Å². The molecule has 2 heterocycles. The quantitative estimate of drug-likeness (QED) is 0.859. The Morgan fingerprint density at radius 1 is 1.39 bits per heavy atom. The lowest BCUT2D eigenvalue weighted by Gasteiger charge is -2.31. The zero-order chi connectivity index (χ0) is 12.8. The SMILES string of the molecule is CCN1CCC(CNCc2ccnc(C)n2)CC1. The lowest BCUT2D eigenvalue weighted by Crippen LogP contribution is -2.37. The van der Waals surface area contributed by atoms with Crippen LogP contribution in [0, 0.1) is 12.8 Å². The van der Waals surface area contributed by atoms with E-state index >= 15 is 0 Å². The molecule has 0 spiro atoms. The second kappa shape index (κ2) is 6.81. The molecule has 0 atom stereocenters. The molecule has 0 amide bonds. The predicted octanol–water partition coefficient (Wildman–Crippen LogP) is 1.61. The smallest absolute Gasteiger partial charge is 0.125 e. The van der Waals surface area contributed by atoms with Gasteiger partial charge in [0, 0.05) is 12.7 Å². The van der Waals surface area contributed by atoms with Crippen molar-refractivity contribution in [1.29, 1.82) is 0 Å². The Morgan fingerprint density at radius 3 is 2.83 bits per heavy atom. The Bertz CT molecular complexity index is 359. The number of nitrogens with zero attached hydrogens (tertiary/aromatic N) is 3. The van der Waals surface area contributed by atoms with Crippen molar-refractivity contribution in [3.05, 3.63) is 23.8 Å². The fourth-order valence-corrected chi connectivity index (χ4v) is 2.51. The van der Waals surface area contributed by atoms with Gasteiger partial charge in [-0.3, -0.25) is 0 Å². The number of aryl methyl sites for hydroxylation is 1. The van der Waals surface area contributed by atoms with Gasteiger partial charge >= 0.3 is 0 Å². The van der Waals surface area contributed by atoms with Crippen LogP contribution in [0.5, 0.6) is 0 Å². The van der Waals surface area contributed by atoms with Crippen molar-refractivity contribution in [3.8, 4) is 0 Å². The van der Waals surface area contributed by atoms with Crippen LogP contribution in [-0.4, -0.2) is 41.0 Å². The zero-order valence-electron chi connectivity index (χ0n) is 11.5. The van der Waals surface area contributed by atoms with Gasteiger partial charge in [-0.15, -0.1) is 0 Å². The van der Waals surface area contributed by atoms with Crippen LogP contribution < -0.4 is 5.32 Å². The number of aromatic nitrogens is 2. The average molecular weight is 248 g/mol. The molecule has 0 saturated carbocycles. The van der Waals surface area contributed by atoms with Crippen LogP contribution >= 0.6 is 0 Å². The van der Waals surface area contributed by atoms with E-state index in [-0.39, 0.29) is 0 Å². The van der Waals surface area contributed by atoms with Gasteiger partial charge in [0.15, 0.2) is 0 Å². The molecule has 1 fully saturated rings. The average Bonchev–Trinajstić information content (AvgIpc) is 2.40. The molecule has 100 valence electrons. The molecular weight excluding hydrogens is 224 g/mol. The summed E-state index contributed by atoms with van der Waals surface area (Å²) in [6.07, 6.45) is 4.48. The van der Waals surface area contributed by atoms with E-state index in [1.54, 1.807) is 0 Å². The standard InChI is InChI=1S/C14H24N4/c1-3-18-8-5-13(6-9-18)10-15-11-14-4-7-16-12(2)17-14/h4,7,13,15H,3,5-6,8-11H2,1-2H3. The first-order valence-electron chi connectivity index (χ1n) is 6.99. The molecular formula is C14H24N4. The molecule has 4 heteroatoms. The fraction of sp³-hybridized carbons (Fsp3) is 0.714. The lowest BCUT2D eigenvalue weighted by atomic mass is 9.97. The summed E-state index contributed by atoms with van der Waals surface area (Å²) in [7, 11) is 0. The van der Waals surface area contributed by atoms with Gasteiger partial charge in [0.05, 0.1) is 5.69 Å². The highest BCUT2D eigenvalue weighted by Crippen LogP contribution is 2.15. The Kier molecular flexibility index (Phi) is 5.08. The van der Waals surface area contributed by atoms with Crippen molar-refractivity contribution in [2.24, 2.45) is 5.92 Å². The number of hydrogen-bond donors (Lipinski definition) is 1. The Labute approximate surface area is 110 Å². The number of likely N-dealkylation sites (tertiary alicyclic amines) is 1. The van der Waals surface area contributed by atoms with Crippen LogP contribution in [0.4, 0.5) is 0 Å². The largest absolute Gasteiger partial charge is 0.311 e. The van der Waals surface area contributed by atoms with Crippen molar-refractivity contribution in [2.75, 3.05) is 26.2 Å². The van der Waals surface area contributed by atoms with Gasteiger partial charge in [-0.1, -0.05) is 6.92 Å². The third-order valence-corrected chi connectivity index (χ3v) is 3.73. The van der Waals surface area contributed by atoms with Crippen LogP contribution in [0.1, 0.15) is 31.3 Å². The van der Waals surface area contributed by atoms with Crippen LogP contribution in [-0.2, 0) is 6.54 Å². The van der Waals surface area contributed by atoms with E-state index in [1.807, 2.05) is 19.2 Å². The molecule has 0 unspecified atom stereocenters. The Morgan fingerprint density at radius 2 is 2.17 bits per heavy atom. The molecule has 4 nitrogen and oxygen atoms in total. The minimum Gasteiger partial charge on any atom is -0.311 e. The highest BCUT2D eigenvalue weighted by Gasteiger charge is 2.17. The molecule has 1 saturated heterocycles. The molecule has 1 aliphatic heterocycles. The third kappa shape index (κ3) is 4.03. The summed E-state index contributed by atoms with van der Waals surface area (Å²) >= 11 is 0. The minimum atomic E-state index is 0.829. The van der Waals surface area contributed by atoms with Gasteiger partial charge in [0.25, 0.3) is 0 Å². The van der Waals surface area contributed by atoms with Gasteiger partial charge in [0.1, 0.15) is 5.82 Å². The van der Waals surface area contributed by atoms with E-state index in [2.05, 4.69) is 27.1 Å². The molecule has 18 heavy (non-hydrogen) atoms. The molecule has 1 aromatic rings. The zero-order valence-corrected chi connectivity index (χ0v) is 11.5. The number of piperidine rings is 1.